The van der Waals surface area contributed by atoms with Crippen molar-refractivity contribution in [1.82, 2.24) is 5.32 Å². The van der Waals surface area contributed by atoms with Crippen molar-refractivity contribution in [2.75, 3.05) is 7.11 Å². The SMILES string of the molecule is COC(=O)N[C@@H]1C[C@@H]1c1ccc(Cl)cc1. The highest BCUT2D eigenvalue weighted by Gasteiger charge is 2.39. The summed E-state index contributed by atoms with van der Waals surface area (Å²) in [6.45, 7) is 0. The molecule has 0 bridgehead atoms. The topological polar surface area (TPSA) is 38.3 Å². The maximum Gasteiger partial charge on any atom is 0.407 e. The van der Waals surface area contributed by atoms with E-state index in [4.69, 9.17) is 11.6 Å². The Hall–Kier alpha value is -1.22. The lowest BCUT2D eigenvalue weighted by Gasteiger charge is -2.02. The number of ether oxygens (including phenoxy) is 1. The van der Waals surface area contributed by atoms with Crippen LogP contribution in [0.5, 0.6) is 0 Å². The van der Waals surface area contributed by atoms with Crippen LogP contribution in [0, 0.1) is 0 Å². The van der Waals surface area contributed by atoms with Gasteiger partial charge < -0.3 is 10.1 Å². The van der Waals surface area contributed by atoms with Crippen molar-refractivity contribution in [3.05, 3.63) is 34.9 Å². The number of hydrogen-bond donors (Lipinski definition) is 1. The Balaban J connectivity index is 1.93. The molecule has 80 valence electrons. The van der Waals surface area contributed by atoms with Crippen molar-refractivity contribution in [2.24, 2.45) is 0 Å². The third-order valence-corrected chi connectivity index (χ3v) is 2.83. The van der Waals surface area contributed by atoms with Crippen LogP contribution in [0.2, 0.25) is 5.02 Å². The van der Waals surface area contributed by atoms with Crippen LogP contribution >= 0.6 is 11.6 Å². The molecule has 1 aromatic rings. The molecule has 0 aliphatic heterocycles. The summed E-state index contributed by atoms with van der Waals surface area (Å²) < 4.78 is 4.53. The summed E-state index contributed by atoms with van der Waals surface area (Å²) in [5, 5.41) is 3.51. The molecule has 1 N–H and O–H groups in total. The van der Waals surface area contributed by atoms with Gasteiger partial charge in [-0.3, -0.25) is 0 Å². The van der Waals surface area contributed by atoms with Crippen LogP contribution in [-0.4, -0.2) is 19.2 Å². The molecule has 4 heteroatoms. The van der Waals surface area contributed by atoms with Gasteiger partial charge in [-0.1, -0.05) is 23.7 Å². The fraction of sp³-hybridized carbons (Fsp3) is 0.364. The second-order valence-electron chi connectivity index (χ2n) is 3.64. The first kappa shape index (κ1) is 10.3. The number of methoxy groups -OCH3 is 1. The van der Waals surface area contributed by atoms with Crippen molar-refractivity contribution >= 4 is 17.7 Å². The molecule has 15 heavy (non-hydrogen) atoms. The van der Waals surface area contributed by atoms with E-state index in [1.165, 1.54) is 12.7 Å². The van der Waals surface area contributed by atoms with Gasteiger partial charge in [0.25, 0.3) is 0 Å². The lowest BCUT2D eigenvalue weighted by Crippen LogP contribution is -2.26. The van der Waals surface area contributed by atoms with Gasteiger partial charge in [0, 0.05) is 17.0 Å². The maximum absolute atomic E-state index is 10.9. The van der Waals surface area contributed by atoms with E-state index in [-0.39, 0.29) is 12.1 Å². The molecule has 0 saturated heterocycles. The van der Waals surface area contributed by atoms with Crippen LogP contribution in [0.4, 0.5) is 4.79 Å². The molecule has 0 spiro atoms. The van der Waals surface area contributed by atoms with E-state index in [1.807, 2.05) is 24.3 Å². The summed E-state index contributed by atoms with van der Waals surface area (Å²) in [5.74, 6) is 0.404. The van der Waals surface area contributed by atoms with E-state index in [0.29, 0.717) is 5.92 Å². The summed E-state index contributed by atoms with van der Waals surface area (Å²) in [6, 6.07) is 7.92. The molecular weight excluding hydrogens is 214 g/mol. The molecule has 1 aliphatic carbocycles. The Morgan fingerprint density at radius 2 is 2.13 bits per heavy atom. The third-order valence-electron chi connectivity index (χ3n) is 2.58. The highest BCUT2D eigenvalue weighted by Crippen LogP contribution is 2.40. The molecular formula is C11H12ClNO2. The van der Waals surface area contributed by atoms with Crippen LogP contribution in [0.25, 0.3) is 0 Å². The van der Waals surface area contributed by atoms with Gasteiger partial charge in [0.15, 0.2) is 0 Å². The number of amides is 1. The van der Waals surface area contributed by atoms with Gasteiger partial charge in [-0.15, -0.1) is 0 Å². The first-order valence-corrected chi connectivity index (χ1v) is 5.18. The fourth-order valence-corrected chi connectivity index (χ4v) is 1.77. The van der Waals surface area contributed by atoms with Gasteiger partial charge in [-0.25, -0.2) is 4.79 Å². The normalized spacial score (nSPS) is 23.3. The number of hydrogen-bond acceptors (Lipinski definition) is 2. The van der Waals surface area contributed by atoms with Crippen molar-refractivity contribution in [2.45, 2.75) is 18.4 Å². The van der Waals surface area contributed by atoms with Crippen LogP contribution in [0.1, 0.15) is 17.9 Å². The molecule has 0 aromatic heterocycles. The molecule has 0 unspecified atom stereocenters. The zero-order valence-electron chi connectivity index (χ0n) is 8.37. The van der Waals surface area contributed by atoms with Crippen molar-refractivity contribution in [3.8, 4) is 0 Å². The fourth-order valence-electron chi connectivity index (χ4n) is 1.64. The number of nitrogens with one attached hydrogen (secondary N) is 1. The van der Waals surface area contributed by atoms with E-state index in [1.54, 1.807) is 0 Å². The monoisotopic (exact) mass is 225 g/mol. The van der Waals surface area contributed by atoms with Crippen LogP contribution < -0.4 is 5.32 Å². The minimum absolute atomic E-state index is 0.207. The van der Waals surface area contributed by atoms with E-state index >= 15 is 0 Å². The number of carbonyl (C=O) groups is 1. The smallest absolute Gasteiger partial charge is 0.407 e. The number of alkyl carbamates (subject to hydrolysis) is 1. The Bertz CT molecular complexity index is 363. The van der Waals surface area contributed by atoms with Crippen LogP contribution in [0.3, 0.4) is 0 Å². The quantitative estimate of drug-likeness (QED) is 0.840. The molecule has 3 nitrogen and oxygen atoms in total. The zero-order chi connectivity index (χ0) is 10.8. The lowest BCUT2D eigenvalue weighted by molar-refractivity contribution is 0.170. The van der Waals surface area contributed by atoms with E-state index in [9.17, 15) is 4.79 Å². The average molecular weight is 226 g/mol. The minimum Gasteiger partial charge on any atom is -0.453 e. The van der Waals surface area contributed by atoms with Crippen molar-refractivity contribution in [3.63, 3.8) is 0 Å². The van der Waals surface area contributed by atoms with Crippen molar-refractivity contribution in [1.29, 1.82) is 0 Å². The van der Waals surface area contributed by atoms with Crippen molar-refractivity contribution < 1.29 is 9.53 Å². The molecule has 2 rings (SSSR count). The summed E-state index contributed by atoms with van der Waals surface area (Å²) >= 11 is 5.79. The summed E-state index contributed by atoms with van der Waals surface area (Å²) in [5.41, 5.74) is 1.21. The van der Waals surface area contributed by atoms with Gasteiger partial charge in [0.2, 0.25) is 0 Å². The number of benzene rings is 1. The predicted octanol–water partition coefficient (Wildman–Crippen LogP) is 2.55. The maximum atomic E-state index is 10.9. The largest absolute Gasteiger partial charge is 0.453 e. The number of rotatable bonds is 2. The first-order chi connectivity index (χ1) is 7.20. The molecule has 1 aromatic carbocycles. The molecule has 2 atom stereocenters. The van der Waals surface area contributed by atoms with Crippen LogP contribution in [-0.2, 0) is 4.74 Å². The summed E-state index contributed by atoms with van der Waals surface area (Å²) in [7, 11) is 1.37. The molecule has 1 saturated carbocycles. The Morgan fingerprint density at radius 1 is 1.47 bits per heavy atom. The standard InChI is InChI=1S/C11H12ClNO2/c1-15-11(14)13-10-6-9(10)7-2-4-8(12)5-3-7/h2-5,9-10H,6H2,1H3,(H,13,14)/t9-,10-/m1/s1. The van der Waals surface area contributed by atoms with Gasteiger partial charge in [0.1, 0.15) is 0 Å². The minimum atomic E-state index is -0.364. The zero-order valence-corrected chi connectivity index (χ0v) is 9.12. The molecule has 1 aliphatic rings. The Kier molecular flexibility index (Phi) is 2.82. The average Bonchev–Trinajstić information content (AvgIpc) is 2.98. The van der Waals surface area contributed by atoms with Gasteiger partial charge in [-0.05, 0) is 24.1 Å². The second kappa shape index (κ2) is 4.11. The highest BCUT2D eigenvalue weighted by molar-refractivity contribution is 6.30. The first-order valence-electron chi connectivity index (χ1n) is 4.80. The predicted molar refractivity (Wildman–Crippen MR) is 58.1 cm³/mol. The highest BCUT2D eigenvalue weighted by atomic mass is 35.5. The summed E-state index contributed by atoms with van der Waals surface area (Å²) in [4.78, 5) is 10.9. The lowest BCUT2D eigenvalue weighted by atomic mass is 10.1. The summed E-state index contributed by atoms with van der Waals surface area (Å²) in [6.07, 6.45) is 0.605. The second-order valence-corrected chi connectivity index (χ2v) is 4.07. The van der Waals surface area contributed by atoms with Gasteiger partial charge in [0.05, 0.1) is 7.11 Å². The Morgan fingerprint density at radius 3 is 2.73 bits per heavy atom. The van der Waals surface area contributed by atoms with E-state index in [0.717, 1.165) is 11.4 Å². The van der Waals surface area contributed by atoms with Crippen LogP contribution in [0.15, 0.2) is 24.3 Å². The van der Waals surface area contributed by atoms with Gasteiger partial charge >= 0.3 is 6.09 Å². The molecule has 1 fully saturated rings. The van der Waals surface area contributed by atoms with E-state index in [2.05, 4.69) is 10.1 Å². The Labute approximate surface area is 93.4 Å². The third kappa shape index (κ3) is 2.42. The molecule has 0 radical (unpaired) electrons. The molecule has 1 amide bonds. The molecule has 0 heterocycles. The van der Waals surface area contributed by atoms with E-state index < -0.39 is 0 Å². The van der Waals surface area contributed by atoms with Gasteiger partial charge in [-0.2, -0.15) is 0 Å². The number of carbonyl (C=O) groups excluding carboxylic acids is 1. The number of halogens is 1.